The normalized spacial score (nSPS) is 13.5. The van der Waals surface area contributed by atoms with Gasteiger partial charge in [-0.25, -0.2) is 8.78 Å². The minimum absolute atomic E-state index is 0.191. The average molecular weight is 358 g/mol. The van der Waals surface area contributed by atoms with Crippen LogP contribution in [0, 0.1) is 11.6 Å². The van der Waals surface area contributed by atoms with Crippen molar-refractivity contribution in [1.29, 1.82) is 0 Å². The fourth-order valence-electron chi connectivity index (χ4n) is 3.10. The lowest BCUT2D eigenvalue weighted by molar-refractivity contribution is -0.124. The standard InChI is InChI=1S/C20H20F2N2O2/c21-16-9-6-14(7-10-16)3-2-12-23-18(25)13-24-19(26)11-8-15-4-1-5-17(22)20(15)24/h1,4-7,9-10H,2-3,8,11-13H2,(H,23,25). The Labute approximate surface area is 150 Å². The van der Waals surface area contributed by atoms with Crippen LogP contribution >= 0.6 is 0 Å². The third-order valence-electron chi connectivity index (χ3n) is 4.43. The van der Waals surface area contributed by atoms with E-state index >= 15 is 0 Å². The quantitative estimate of drug-likeness (QED) is 0.807. The minimum Gasteiger partial charge on any atom is -0.355 e. The summed E-state index contributed by atoms with van der Waals surface area (Å²) in [6.07, 6.45) is 2.16. The Morgan fingerprint density at radius 1 is 1.08 bits per heavy atom. The number of fused-ring (bicyclic) bond motifs is 1. The van der Waals surface area contributed by atoms with Crippen LogP contribution in [0.1, 0.15) is 24.0 Å². The summed E-state index contributed by atoms with van der Waals surface area (Å²) < 4.78 is 27.0. The molecule has 1 N–H and O–H groups in total. The third kappa shape index (κ3) is 4.25. The number of halogens is 2. The first-order valence-electron chi connectivity index (χ1n) is 8.63. The first-order chi connectivity index (χ1) is 12.5. The van der Waals surface area contributed by atoms with E-state index in [9.17, 15) is 18.4 Å². The minimum atomic E-state index is -0.486. The summed E-state index contributed by atoms with van der Waals surface area (Å²) in [5, 5.41) is 2.75. The summed E-state index contributed by atoms with van der Waals surface area (Å²) >= 11 is 0. The van der Waals surface area contributed by atoms with Crippen LogP contribution in [0.25, 0.3) is 0 Å². The summed E-state index contributed by atoms with van der Waals surface area (Å²) in [7, 11) is 0. The lowest BCUT2D eigenvalue weighted by Crippen LogP contribution is -2.43. The number of benzene rings is 2. The summed E-state index contributed by atoms with van der Waals surface area (Å²) in [5.41, 5.74) is 1.95. The van der Waals surface area contributed by atoms with Gasteiger partial charge in [0.2, 0.25) is 11.8 Å². The van der Waals surface area contributed by atoms with E-state index < -0.39 is 5.82 Å². The third-order valence-corrected chi connectivity index (χ3v) is 4.43. The SMILES string of the molecule is O=C(CN1C(=O)CCc2cccc(F)c21)NCCCc1ccc(F)cc1. The fraction of sp³-hybridized carbons (Fsp3) is 0.300. The van der Waals surface area contributed by atoms with Crippen molar-refractivity contribution in [2.24, 2.45) is 0 Å². The van der Waals surface area contributed by atoms with Gasteiger partial charge in [0.25, 0.3) is 0 Å². The predicted molar refractivity (Wildman–Crippen MR) is 94.8 cm³/mol. The van der Waals surface area contributed by atoms with Crippen molar-refractivity contribution in [3.8, 4) is 0 Å². The zero-order chi connectivity index (χ0) is 18.5. The second-order valence-corrected chi connectivity index (χ2v) is 6.31. The summed E-state index contributed by atoms with van der Waals surface area (Å²) in [4.78, 5) is 25.5. The molecule has 1 heterocycles. The van der Waals surface area contributed by atoms with E-state index in [1.54, 1.807) is 24.3 Å². The van der Waals surface area contributed by atoms with Crippen LogP contribution < -0.4 is 10.2 Å². The van der Waals surface area contributed by atoms with Gasteiger partial charge >= 0.3 is 0 Å². The van der Waals surface area contributed by atoms with Crippen molar-refractivity contribution >= 4 is 17.5 Å². The molecule has 0 atom stereocenters. The first kappa shape index (κ1) is 18.0. The molecule has 4 nitrogen and oxygen atoms in total. The van der Waals surface area contributed by atoms with Crippen molar-refractivity contribution in [2.45, 2.75) is 25.7 Å². The highest BCUT2D eigenvalue weighted by Gasteiger charge is 2.28. The first-order valence-corrected chi connectivity index (χ1v) is 8.63. The van der Waals surface area contributed by atoms with E-state index in [4.69, 9.17) is 0 Å². The lowest BCUT2D eigenvalue weighted by Gasteiger charge is -2.29. The smallest absolute Gasteiger partial charge is 0.240 e. The monoisotopic (exact) mass is 358 g/mol. The number of carbonyl (C=O) groups excluding carboxylic acids is 2. The van der Waals surface area contributed by atoms with E-state index in [1.165, 1.54) is 23.1 Å². The Hall–Kier alpha value is -2.76. The second-order valence-electron chi connectivity index (χ2n) is 6.31. The highest BCUT2D eigenvalue weighted by molar-refractivity contribution is 6.01. The van der Waals surface area contributed by atoms with Gasteiger partial charge in [-0.05, 0) is 48.6 Å². The molecule has 0 spiro atoms. The van der Waals surface area contributed by atoms with Crippen molar-refractivity contribution in [1.82, 2.24) is 5.32 Å². The van der Waals surface area contributed by atoms with Gasteiger partial charge in [-0.3, -0.25) is 14.5 Å². The highest BCUT2D eigenvalue weighted by atomic mass is 19.1. The molecule has 0 bridgehead atoms. The topological polar surface area (TPSA) is 49.4 Å². The van der Waals surface area contributed by atoms with Gasteiger partial charge in [-0.15, -0.1) is 0 Å². The van der Waals surface area contributed by atoms with Crippen LogP contribution in [0.15, 0.2) is 42.5 Å². The number of carbonyl (C=O) groups is 2. The number of anilines is 1. The van der Waals surface area contributed by atoms with Gasteiger partial charge in [0, 0.05) is 13.0 Å². The number of hydrogen-bond acceptors (Lipinski definition) is 2. The molecule has 26 heavy (non-hydrogen) atoms. The van der Waals surface area contributed by atoms with Gasteiger partial charge in [0.05, 0.1) is 5.69 Å². The van der Waals surface area contributed by atoms with Crippen molar-refractivity contribution in [3.05, 3.63) is 65.2 Å². The van der Waals surface area contributed by atoms with Crippen molar-refractivity contribution < 1.29 is 18.4 Å². The van der Waals surface area contributed by atoms with Crippen molar-refractivity contribution in [2.75, 3.05) is 18.0 Å². The molecule has 0 unspecified atom stereocenters. The molecule has 3 rings (SSSR count). The maximum absolute atomic E-state index is 14.1. The zero-order valence-corrected chi connectivity index (χ0v) is 14.3. The van der Waals surface area contributed by atoms with Crippen LogP contribution in [-0.2, 0) is 22.4 Å². The molecule has 1 aliphatic rings. The number of para-hydroxylation sites is 1. The second kappa shape index (κ2) is 8.08. The van der Waals surface area contributed by atoms with Crippen LogP contribution in [-0.4, -0.2) is 24.9 Å². The summed E-state index contributed by atoms with van der Waals surface area (Å²) in [6, 6.07) is 10.9. The van der Waals surface area contributed by atoms with Gasteiger partial charge in [0.1, 0.15) is 18.2 Å². The van der Waals surface area contributed by atoms with E-state index in [2.05, 4.69) is 5.32 Å². The highest BCUT2D eigenvalue weighted by Crippen LogP contribution is 2.30. The van der Waals surface area contributed by atoms with E-state index in [-0.39, 0.29) is 36.3 Å². The van der Waals surface area contributed by atoms with E-state index in [0.717, 1.165) is 11.1 Å². The lowest BCUT2D eigenvalue weighted by atomic mass is 10.0. The van der Waals surface area contributed by atoms with Gasteiger partial charge in [-0.1, -0.05) is 24.3 Å². The van der Waals surface area contributed by atoms with E-state index in [0.29, 0.717) is 25.8 Å². The maximum Gasteiger partial charge on any atom is 0.240 e. The molecule has 0 aromatic heterocycles. The molecule has 2 aromatic rings. The van der Waals surface area contributed by atoms with Crippen LogP contribution in [0.3, 0.4) is 0 Å². The maximum atomic E-state index is 14.1. The molecule has 0 fully saturated rings. The molecular weight excluding hydrogens is 338 g/mol. The van der Waals surface area contributed by atoms with E-state index in [1.807, 2.05) is 0 Å². The van der Waals surface area contributed by atoms with Crippen LogP contribution in [0.4, 0.5) is 14.5 Å². The molecule has 2 aromatic carbocycles. The molecule has 0 radical (unpaired) electrons. The zero-order valence-electron chi connectivity index (χ0n) is 14.3. The number of rotatable bonds is 6. The molecular formula is C20H20F2N2O2. The Morgan fingerprint density at radius 2 is 1.85 bits per heavy atom. The Balaban J connectivity index is 1.52. The average Bonchev–Trinajstić information content (AvgIpc) is 2.63. The van der Waals surface area contributed by atoms with Gasteiger partial charge in [0.15, 0.2) is 0 Å². The number of hydrogen-bond donors (Lipinski definition) is 1. The number of aryl methyl sites for hydroxylation is 2. The molecule has 0 saturated heterocycles. The molecule has 2 amide bonds. The fourth-order valence-corrected chi connectivity index (χ4v) is 3.10. The van der Waals surface area contributed by atoms with Gasteiger partial charge in [-0.2, -0.15) is 0 Å². The Bertz CT molecular complexity index is 806. The molecule has 6 heteroatoms. The van der Waals surface area contributed by atoms with Crippen LogP contribution in [0.5, 0.6) is 0 Å². The Morgan fingerprint density at radius 3 is 2.62 bits per heavy atom. The van der Waals surface area contributed by atoms with Crippen molar-refractivity contribution in [3.63, 3.8) is 0 Å². The Kier molecular flexibility index (Phi) is 5.61. The predicted octanol–water partition coefficient (Wildman–Crippen LogP) is 2.99. The largest absolute Gasteiger partial charge is 0.355 e. The summed E-state index contributed by atoms with van der Waals surface area (Å²) in [5.74, 6) is -1.34. The number of nitrogens with zero attached hydrogens (tertiary/aromatic N) is 1. The van der Waals surface area contributed by atoms with Gasteiger partial charge < -0.3 is 5.32 Å². The molecule has 136 valence electrons. The summed E-state index contributed by atoms with van der Waals surface area (Å²) in [6.45, 7) is 0.242. The molecule has 0 saturated carbocycles. The number of amides is 2. The number of nitrogens with one attached hydrogen (secondary N) is 1. The van der Waals surface area contributed by atoms with Crippen LogP contribution in [0.2, 0.25) is 0 Å². The molecule has 0 aliphatic carbocycles. The molecule has 1 aliphatic heterocycles.